The Hall–Kier alpha value is -1.82. The van der Waals surface area contributed by atoms with Crippen molar-refractivity contribution in [3.63, 3.8) is 0 Å². The van der Waals surface area contributed by atoms with Crippen LogP contribution in [0, 0.1) is 6.92 Å². The van der Waals surface area contributed by atoms with E-state index in [1.54, 1.807) is 10.7 Å². The van der Waals surface area contributed by atoms with Gasteiger partial charge in [0, 0.05) is 24.7 Å². The molecule has 0 aliphatic carbocycles. The highest BCUT2D eigenvalue weighted by atomic mass is 15.3. The van der Waals surface area contributed by atoms with Crippen LogP contribution in [-0.2, 0) is 0 Å². The van der Waals surface area contributed by atoms with E-state index in [0.717, 1.165) is 36.7 Å². The summed E-state index contributed by atoms with van der Waals surface area (Å²) >= 11 is 0. The molecule has 0 unspecified atom stereocenters. The first-order chi connectivity index (χ1) is 10.2. The highest BCUT2D eigenvalue weighted by Gasteiger charge is 2.16. The van der Waals surface area contributed by atoms with Crippen LogP contribution in [0.15, 0.2) is 12.3 Å². The van der Waals surface area contributed by atoms with Crippen molar-refractivity contribution in [2.24, 2.45) is 5.73 Å². The smallest absolute Gasteiger partial charge is 0.162 e. The third-order valence-corrected chi connectivity index (χ3v) is 3.09. The van der Waals surface area contributed by atoms with E-state index in [1.165, 1.54) is 12.8 Å². The van der Waals surface area contributed by atoms with E-state index in [1.807, 2.05) is 33.8 Å². The molecule has 0 spiro atoms. The molecule has 6 heteroatoms. The van der Waals surface area contributed by atoms with Crippen molar-refractivity contribution >= 4 is 17.3 Å². The second-order valence-electron chi connectivity index (χ2n) is 4.70. The molecule has 1 fully saturated rings. The highest BCUT2D eigenvalue weighted by molar-refractivity contribution is 5.59. The number of rotatable bonds is 1. The van der Waals surface area contributed by atoms with Crippen molar-refractivity contribution in [3.05, 3.63) is 17.8 Å². The molecule has 0 amide bonds. The number of nitrogens with zero attached hydrogens (tertiary/aromatic N) is 4. The summed E-state index contributed by atoms with van der Waals surface area (Å²) in [5, 5.41) is 4.20. The molecule has 4 N–H and O–H groups in total. The number of aromatic nitrogens is 3. The molecular weight excluding hydrogens is 264 g/mol. The second-order valence-corrected chi connectivity index (χ2v) is 4.70. The first kappa shape index (κ1) is 17.2. The van der Waals surface area contributed by atoms with Gasteiger partial charge in [0.1, 0.15) is 11.6 Å². The minimum atomic E-state index is 0.653. The fourth-order valence-electron chi connectivity index (χ4n) is 2.19. The first-order valence-corrected chi connectivity index (χ1v) is 7.73. The van der Waals surface area contributed by atoms with Gasteiger partial charge in [-0.15, -0.1) is 0 Å². The molecule has 2 aromatic rings. The zero-order chi connectivity index (χ0) is 15.8. The van der Waals surface area contributed by atoms with Crippen LogP contribution in [0.4, 0.5) is 11.6 Å². The maximum atomic E-state index is 5.97. The molecule has 1 saturated heterocycles. The second kappa shape index (κ2) is 8.46. The lowest BCUT2D eigenvalue weighted by Crippen LogP contribution is -2.20. The molecule has 118 valence electrons. The monoisotopic (exact) mass is 292 g/mol. The Morgan fingerprint density at radius 2 is 1.81 bits per heavy atom. The Morgan fingerprint density at radius 1 is 1.24 bits per heavy atom. The lowest BCUT2D eigenvalue weighted by molar-refractivity contribution is 0.906. The molecule has 1 aliphatic heterocycles. The van der Waals surface area contributed by atoms with Crippen LogP contribution < -0.4 is 16.4 Å². The van der Waals surface area contributed by atoms with Crippen LogP contribution >= 0.6 is 0 Å². The van der Waals surface area contributed by atoms with Crippen molar-refractivity contribution in [2.45, 2.75) is 40.5 Å². The molecule has 2 aromatic heterocycles. The van der Waals surface area contributed by atoms with Crippen LogP contribution in [0.1, 0.15) is 39.2 Å². The van der Waals surface area contributed by atoms with Crippen LogP contribution in [0.25, 0.3) is 5.65 Å². The average molecular weight is 292 g/mol. The van der Waals surface area contributed by atoms with Gasteiger partial charge in [0.05, 0.1) is 6.20 Å². The molecular formula is C15H28N6. The number of hydrogen-bond acceptors (Lipinski definition) is 5. The van der Waals surface area contributed by atoms with Crippen molar-refractivity contribution in [1.82, 2.24) is 14.6 Å². The zero-order valence-corrected chi connectivity index (χ0v) is 13.6. The minimum Gasteiger partial charge on any atom is -0.383 e. The Labute approximate surface area is 127 Å². The summed E-state index contributed by atoms with van der Waals surface area (Å²) in [6.45, 7) is 10.8. The Morgan fingerprint density at radius 3 is 2.38 bits per heavy atom. The average Bonchev–Trinajstić information content (AvgIpc) is 3.13. The molecule has 3 heterocycles. The topological polar surface area (TPSA) is 85.5 Å². The van der Waals surface area contributed by atoms with Crippen LogP contribution in [0.3, 0.4) is 0 Å². The molecule has 3 rings (SSSR count). The third kappa shape index (κ3) is 4.07. The predicted octanol–water partition coefficient (Wildman–Crippen LogP) is 2.21. The van der Waals surface area contributed by atoms with Gasteiger partial charge in [-0.2, -0.15) is 9.61 Å². The molecule has 0 aromatic carbocycles. The van der Waals surface area contributed by atoms with Crippen LogP contribution in [0.2, 0.25) is 0 Å². The van der Waals surface area contributed by atoms with Gasteiger partial charge in [0.2, 0.25) is 0 Å². The highest BCUT2D eigenvalue weighted by Crippen LogP contribution is 2.22. The third-order valence-electron chi connectivity index (χ3n) is 3.09. The van der Waals surface area contributed by atoms with Gasteiger partial charge >= 0.3 is 0 Å². The summed E-state index contributed by atoms with van der Waals surface area (Å²) in [6.07, 6.45) is 4.28. The normalized spacial score (nSPS) is 13.5. The lowest BCUT2D eigenvalue weighted by atomic mass is 10.4. The Balaban J connectivity index is 0.000000395. The van der Waals surface area contributed by atoms with Gasteiger partial charge in [-0.3, -0.25) is 0 Å². The lowest BCUT2D eigenvalue weighted by Gasteiger charge is -2.16. The Kier molecular flexibility index (Phi) is 6.94. The van der Waals surface area contributed by atoms with Gasteiger partial charge in [0.25, 0.3) is 0 Å². The van der Waals surface area contributed by atoms with Crippen molar-refractivity contribution in [3.8, 4) is 0 Å². The van der Waals surface area contributed by atoms with Crippen molar-refractivity contribution in [2.75, 3.05) is 30.3 Å². The maximum absolute atomic E-state index is 5.97. The summed E-state index contributed by atoms with van der Waals surface area (Å²) in [4.78, 5) is 6.90. The van der Waals surface area contributed by atoms with E-state index >= 15 is 0 Å². The molecule has 0 atom stereocenters. The van der Waals surface area contributed by atoms with E-state index < -0.39 is 0 Å². The Bertz CT molecular complexity index is 542. The van der Waals surface area contributed by atoms with Crippen molar-refractivity contribution < 1.29 is 0 Å². The van der Waals surface area contributed by atoms with Crippen LogP contribution in [-0.4, -0.2) is 34.2 Å². The minimum absolute atomic E-state index is 0.653. The summed E-state index contributed by atoms with van der Waals surface area (Å²) in [7, 11) is 0. The SMILES string of the molecule is CC.CCN.Cc1cnn2c(N)cc(N3CCCC3)nc12. The fraction of sp³-hybridized carbons (Fsp3) is 0.600. The van der Waals surface area contributed by atoms with Gasteiger partial charge in [-0.1, -0.05) is 20.8 Å². The predicted molar refractivity (Wildman–Crippen MR) is 89.7 cm³/mol. The molecule has 0 saturated carbocycles. The number of nitrogen functional groups attached to an aromatic ring is 1. The number of aryl methyl sites for hydroxylation is 1. The summed E-state index contributed by atoms with van der Waals surface area (Å²) in [5.74, 6) is 1.63. The van der Waals surface area contributed by atoms with Gasteiger partial charge < -0.3 is 16.4 Å². The summed E-state index contributed by atoms with van der Waals surface area (Å²) in [5.41, 5.74) is 12.7. The van der Waals surface area contributed by atoms with Gasteiger partial charge in [-0.25, -0.2) is 4.98 Å². The molecule has 0 bridgehead atoms. The number of anilines is 2. The van der Waals surface area contributed by atoms with Gasteiger partial charge in [0.15, 0.2) is 5.65 Å². The number of hydrogen-bond donors (Lipinski definition) is 2. The molecule has 21 heavy (non-hydrogen) atoms. The molecule has 1 aliphatic rings. The molecule has 6 nitrogen and oxygen atoms in total. The maximum Gasteiger partial charge on any atom is 0.162 e. The summed E-state index contributed by atoms with van der Waals surface area (Å²) < 4.78 is 1.69. The molecule has 0 radical (unpaired) electrons. The van der Waals surface area contributed by atoms with E-state index in [4.69, 9.17) is 11.5 Å². The van der Waals surface area contributed by atoms with E-state index in [-0.39, 0.29) is 0 Å². The fourth-order valence-corrected chi connectivity index (χ4v) is 2.19. The van der Waals surface area contributed by atoms with E-state index in [0.29, 0.717) is 5.82 Å². The zero-order valence-electron chi connectivity index (χ0n) is 13.6. The first-order valence-electron chi connectivity index (χ1n) is 7.73. The quantitative estimate of drug-likeness (QED) is 0.841. The van der Waals surface area contributed by atoms with Crippen molar-refractivity contribution in [1.29, 1.82) is 0 Å². The van der Waals surface area contributed by atoms with E-state index in [9.17, 15) is 0 Å². The number of fused-ring (bicyclic) bond motifs is 1. The number of nitrogens with two attached hydrogens (primary N) is 2. The standard InChI is InChI=1S/C11H15N5.C2H7N.C2H6/c1-8-7-13-16-9(12)6-10(14-11(8)16)15-4-2-3-5-15;1-2-3;1-2/h6-7H,2-5,12H2,1H3;2-3H2,1H3;1-2H3. The van der Waals surface area contributed by atoms with Crippen LogP contribution in [0.5, 0.6) is 0 Å². The summed E-state index contributed by atoms with van der Waals surface area (Å²) in [6, 6.07) is 1.91. The largest absolute Gasteiger partial charge is 0.383 e. The van der Waals surface area contributed by atoms with Gasteiger partial charge in [-0.05, 0) is 26.3 Å². The van der Waals surface area contributed by atoms with E-state index in [2.05, 4.69) is 15.0 Å².